The third-order valence-electron chi connectivity index (χ3n) is 2.98. The van der Waals surface area contributed by atoms with Crippen molar-refractivity contribution in [3.63, 3.8) is 0 Å². The summed E-state index contributed by atoms with van der Waals surface area (Å²) in [6.45, 7) is 8.17. The standard InChI is InChI=1S/C17H21ClN2O/c1-12(2)10-19-11-14-6-7-20-17(9-14)21-16-8-13(3)4-5-15(16)18/h4-9,12,19H,10-11H2,1-3H3. The van der Waals surface area contributed by atoms with E-state index in [1.54, 1.807) is 6.20 Å². The maximum Gasteiger partial charge on any atom is 0.219 e. The van der Waals surface area contributed by atoms with Gasteiger partial charge in [-0.3, -0.25) is 0 Å². The molecule has 0 amide bonds. The van der Waals surface area contributed by atoms with Crippen LogP contribution in [0.3, 0.4) is 0 Å². The van der Waals surface area contributed by atoms with Crippen molar-refractivity contribution >= 4 is 11.6 Å². The van der Waals surface area contributed by atoms with Crippen LogP contribution in [0.4, 0.5) is 0 Å². The van der Waals surface area contributed by atoms with Gasteiger partial charge >= 0.3 is 0 Å². The Labute approximate surface area is 131 Å². The van der Waals surface area contributed by atoms with Crippen LogP contribution in [0, 0.1) is 12.8 Å². The number of benzene rings is 1. The fourth-order valence-electron chi connectivity index (χ4n) is 1.92. The summed E-state index contributed by atoms with van der Waals surface area (Å²) >= 11 is 6.14. The summed E-state index contributed by atoms with van der Waals surface area (Å²) in [6, 6.07) is 9.62. The van der Waals surface area contributed by atoms with E-state index in [-0.39, 0.29) is 0 Å². The molecule has 0 aliphatic carbocycles. The molecule has 1 aromatic heterocycles. The number of nitrogens with one attached hydrogen (secondary N) is 1. The Morgan fingerprint density at radius 2 is 2.05 bits per heavy atom. The van der Waals surface area contributed by atoms with Gasteiger partial charge in [0.1, 0.15) is 5.75 Å². The van der Waals surface area contributed by atoms with Crippen LogP contribution in [0.5, 0.6) is 11.6 Å². The van der Waals surface area contributed by atoms with Crippen molar-refractivity contribution in [1.29, 1.82) is 0 Å². The highest BCUT2D eigenvalue weighted by Gasteiger charge is 2.05. The van der Waals surface area contributed by atoms with E-state index in [9.17, 15) is 0 Å². The summed E-state index contributed by atoms with van der Waals surface area (Å²) in [4.78, 5) is 4.24. The van der Waals surface area contributed by atoms with Crippen molar-refractivity contribution in [2.24, 2.45) is 5.92 Å². The number of aryl methyl sites for hydroxylation is 1. The van der Waals surface area contributed by atoms with Crippen molar-refractivity contribution in [3.8, 4) is 11.6 Å². The van der Waals surface area contributed by atoms with E-state index in [1.165, 1.54) is 0 Å². The largest absolute Gasteiger partial charge is 0.437 e. The van der Waals surface area contributed by atoms with Crippen molar-refractivity contribution in [3.05, 3.63) is 52.7 Å². The van der Waals surface area contributed by atoms with Gasteiger partial charge in [0.25, 0.3) is 0 Å². The first-order valence-electron chi connectivity index (χ1n) is 7.14. The topological polar surface area (TPSA) is 34.1 Å². The summed E-state index contributed by atoms with van der Waals surface area (Å²) in [6.07, 6.45) is 1.76. The number of hydrogen-bond acceptors (Lipinski definition) is 3. The SMILES string of the molecule is Cc1ccc(Cl)c(Oc2cc(CNCC(C)C)ccn2)c1. The Kier molecular flexibility index (Phi) is 5.59. The van der Waals surface area contributed by atoms with E-state index in [0.717, 1.165) is 24.2 Å². The van der Waals surface area contributed by atoms with Crippen LogP contribution in [0.1, 0.15) is 25.0 Å². The molecule has 0 bridgehead atoms. The van der Waals surface area contributed by atoms with E-state index in [4.69, 9.17) is 16.3 Å². The molecule has 0 saturated carbocycles. The molecule has 0 aliphatic rings. The lowest BCUT2D eigenvalue weighted by Crippen LogP contribution is -2.18. The fraction of sp³-hybridized carbons (Fsp3) is 0.353. The molecule has 0 atom stereocenters. The molecule has 0 unspecified atom stereocenters. The Morgan fingerprint density at radius 1 is 1.24 bits per heavy atom. The van der Waals surface area contributed by atoms with Gasteiger partial charge in [0, 0.05) is 18.8 Å². The molecule has 3 nitrogen and oxygen atoms in total. The average Bonchev–Trinajstić information content (AvgIpc) is 2.43. The summed E-state index contributed by atoms with van der Waals surface area (Å²) in [5, 5.41) is 3.99. The van der Waals surface area contributed by atoms with Crippen LogP contribution in [0.25, 0.3) is 0 Å². The summed E-state index contributed by atoms with van der Waals surface area (Å²) in [7, 11) is 0. The molecule has 2 aromatic rings. The summed E-state index contributed by atoms with van der Waals surface area (Å²) in [5.74, 6) is 1.83. The smallest absolute Gasteiger partial charge is 0.219 e. The summed E-state index contributed by atoms with van der Waals surface area (Å²) in [5.41, 5.74) is 2.24. The second-order valence-corrected chi connectivity index (χ2v) is 5.97. The second-order valence-electron chi connectivity index (χ2n) is 5.56. The van der Waals surface area contributed by atoms with Gasteiger partial charge < -0.3 is 10.1 Å². The summed E-state index contributed by atoms with van der Waals surface area (Å²) < 4.78 is 5.79. The highest BCUT2D eigenvalue weighted by molar-refractivity contribution is 6.32. The van der Waals surface area contributed by atoms with Crippen molar-refractivity contribution < 1.29 is 4.74 Å². The molecule has 0 radical (unpaired) electrons. The molecule has 0 aliphatic heterocycles. The van der Waals surface area contributed by atoms with Gasteiger partial charge in [-0.1, -0.05) is 31.5 Å². The van der Waals surface area contributed by atoms with Crippen molar-refractivity contribution in [1.82, 2.24) is 10.3 Å². The normalized spacial score (nSPS) is 10.9. The minimum absolute atomic E-state index is 0.561. The first kappa shape index (κ1) is 15.8. The number of aromatic nitrogens is 1. The second kappa shape index (κ2) is 7.43. The van der Waals surface area contributed by atoms with Crippen LogP contribution in [0.15, 0.2) is 36.5 Å². The maximum absolute atomic E-state index is 6.14. The zero-order valence-corrected chi connectivity index (χ0v) is 13.4. The maximum atomic E-state index is 6.14. The number of pyridine rings is 1. The Morgan fingerprint density at radius 3 is 2.81 bits per heavy atom. The van der Waals surface area contributed by atoms with Gasteiger partial charge in [0.15, 0.2) is 0 Å². The van der Waals surface area contributed by atoms with Crippen LogP contribution < -0.4 is 10.1 Å². The third kappa shape index (κ3) is 5.03. The molecule has 0 saturated heterocycles. The molecule has 112 valence electrons. The molecule has 2 rings (SSSR count). The first-order chi connectivity index (χ1) is 10.0. The van der Waals surface area contributed by atoms with Crippen LogP contribution >= 0.6 is 11.6 Å². The van der Waals surface area contributed by atoms with Gasteiger partial charge in [-0.05, 0) is 48.7 Å². The van der Waals surface area contributed by atoms with E-state index < -0.39 is 0 Å². The third-order valence-corrected chi connectivity index (χ3v) is 3.29. The number of rotatable bonds is 6. The van der Waals surface area contributed by atoms with Crippen molar-refractivity contribution in [2.45, 2.75) is 27.3 Å². The van der Waals surface area contributed by atoms with E-state index >= 15 is 0 Å². The molecule has 1 aromatic carbocycles. The highest BCUT2D eigenvalue weighted by Crippen LogP contribution is 2.29. The quantitative estimate of drug-likeness (QED) is 0.848. The molecule has 1 heterocycles. The number of hydrogen-bond donors (Lipinski definition) is 1. The lowest BCUT2D eigenvalue weighted by molar-refractivity contribution is 0.461. The minimum atomic E-state index is 0.561. The highest BCUT2D eigenvalue weighted by atomic mass is 35.5. The van der Waals surface area contributed by atoms with E-state index in [1.807, 2.05) is 37.3 Å². The van der Waals surface area contributed by atoms with E-state index in [0.29, 0.717) is 22.6 Å². The molecule has 0 fully saturated rings. The van der Waals surface area contributed by atoms with Crippen LogP contribution in [-0.2, 0) is 6.54 Å². The predicted octanol–water partition coefficient (Wildman–Crippen LogP) is 4.58. The zero-order chi connectivity index (χ0) is 15.2. The molecule has 21 heavy (non-hydrogen) atoms. The fourth-order valence-corrected chi connectivity index (χ4v) is 2.08. The Bertz CT molecular complexity index is 599. The molecule has 1 N–H and O–H groups in total. The molecule has 4 heteroatoms. The lowest BCUT2D eigenvalue weighted by atomic mass is 10.2. The molecular weight excluding hydrogens is 284 g/mol. The first-order valence-corrected chi connectivity index (χ1v) is 7.52. The predicted molar refractivity (Wildman–Crippen MR) is 87.0 cm³/mol. The van der Waals surface area contributed by atoms with Crippen molar-refractivity contribution in [2.75, 3.05) is 6.54 Å². The van der Waals surface area contributed by atoms with Crippen LogP contribution in [0.2, 0.25) is 5.02 Å². The Hall–Kier alpha value is -1.58. The van der Waals surface area contributed by atoms with E-state index in [2.05, 4.69) is 24.1 Å². The van der Waals surface area contributed by atoms with Gasteiger partial charge in [-0.15, -0.1) is 0 Å². The molecule has 0 spiro atoms. The number of ether oxygens (including phenoxy) is 1. The Balaban J connectivity index is 2.05. The zero-order valence-electron chi connectivity index (χ0n) is 12.7. The lowest BCUT2D eigenvalue weighted by Gasteiger charge is -2.10. The monoisotopic (exact) mass is 304 g/mol. The van der Waals surface area contributed by atoms with Gasteiger partial charge in [0.2, 0.25) is 5.88 Å². The van der Waals surface area contributed by atoms with Gasteiger partial charge in [0.05, 0.1) is 5.02 Å². The minimum Gasteiger partial charge on any atom is -0.437 e. The van der Waals surface area contributed by atoms with Crippen LogP contribution in [-0.4, -0.2) is 11.5 Å². The molecular formula is C17H21ClN2O. The number of halogens is 1. The van der Waals surface area contributed by atoms with Gasteiger partial charge in [-0.2, -0.15) is 0 Å². The van der Waals surface area contributed by atoms with Gasteiger partial charge in [-0.25, -0.2) is 4.98 Å². The number of nitrogens with zero attached hydrogens (tertiary/aromatic N) is 1. The average molecular weight is 305 g/mol.